The molecule has 2 aromatic rings. The Hall–Kier alpha value is -1.58. The Bertz CT molecular complexity index is 323. The molecule has 0 bridgehead atoms. The summed E-state index contributed by atoms with van der Waals surface area (Å²) in [5.41, 5.74) is 0.935. The fourth-order valence-corrected chi connectivity index (χ4v) is 0.863. The summed E-state index contributed by atoms with van der Waals surface area (Å²) < 4.78 is 9.74. The number of H-pyrrole nitrogens is 1. The molecule has 4 nitrogen and oxygen atoms in total. The number of hydrogen-bond acceptors (Lipinski definition) is 2. The van der Waals surface area contributed by atoms with Gasteiger partial charge in [0.1, 0.15) is 11.4 Å². The Morgan fingerprint density at radius 1 is 1.55 bits per heavy atom. The number of nitrogens with zero attached hydrogens (tertiary/aromatic N) is 1. The summed E-state index contributed by atoms with van der Waals surface area (Å²) in [5.74, 6) is 0.819. The normalized spacial score (nSPS) is 10.3. The second-order valence-electron chi connectivity index (χ2n) is 2.18. The second-order valence-corrected chi connectivity index (χ2v) is 2.18. The molecule has 0 unspecified atom stereocenters. The minimum atomic E-state index is 0.819. The molecule has 2 rings (SSSR count). The summed E-state index contributed by atoms with van der Waals surface area (Å²) in [7, 11) is 1.63. The molecule has 0 amide bonds. The van der Waals surface area contributed by atoms with Crippen molar-refractivity contribution in [2.24, 2.45) is 0 Å². The van der Waals surface area contributed by atoms with Crippen LogP contribution < -0.4 is 4.74 Å². The maximum absolute atomic E-state index is 5.02. The van der Waals surface area contributed by atoms with Gasteiger partial charge in [-0.15, -0.1) is 0 Å². The zero-order valence-corrected chi connectivity index (χ0v) is 6.07. The van der Waals surface area contributed by atoms with E-state index in [1.54, 1.807) is 12.0 Å². The number of ether oxygens (including phenoxy) is 1. The van der Waals surface area contributed by atoms with Crippen molar-refractivity contribution in [1.29, 1.82) is 0 Å². The lowest BCUT2D eigenvalue weighted by atomic mass is 10.3. The van der Waals surface area contributed by atoms with Gasteiger partial charge in [-0.1, -0.05) is 16.2 Å². The maximum Gasteiger partial charge on any atom is 0.121 e. The molecule has 0 saturated carbocycles. The van der Waals surface area contributed by atoms with Crippen molar-refractivity contribution in [3.8, 4) is 11.4 Å². The van der Waals surface area contributed by atoms with Crippen LogP contribution in [0.2, 0.25) is 0 Å². The van der Waals surface area contributed by atoms with E-state index in [4.69, 9.17) is 9.37 Å². The summed E-state index contributed by atoms with van der Waals surface area (Å²) in [5, 5.41) is 2.58. The van der Waals surface area contributed by atoms with Crippen LogP contribution in [0.1, 0.15) is 0 Å². The Morgan fingerprint density at radius 2 is 2.36 bits per heavy atom. The smallest absolute Gasteiger partial charge is 0.121 e. The molecule has 4 heteroatoms. The molecule has 1 aromatic heterocycles. The minimum Gasteiger partial charge on any atom is -0.497 e. The largest absolute Gasteiger partial charge is 0.497 e. The highest BCUT2D eigenvalue weighted by molar-refractivity contribution is 5.37. The van der Waals surface area contributed by atoms with E-state index in [2.05, 4.69) is 5.27 Å². The van der Waals surface area contributed by atoms with Crippen molar-refractivity contribution in [3.05, 3.63) is 24.3 Å². The molecule has 1 aromatic carbocycles. The number of benzene rings is 1. The lowest BCUT2D eigenvalue weighted by molar-refractivity contribution is 0.414. The van der Waals surface area contributed by atoms with Crippen molar-refractivity contribution >= 4 is 0 Å². The van der Waals surface area contributed by atoms with Crippen LogP contribution in [0.4, 0.5) is 0 Å². The molecule has 0 fully saturated rings. The average Bonchev–Trinajstić information content (AvgIpc) is 2.87. The highest BCUT2D eigenvalue weighted by Crippen LogP contribution is 2.15. The standard InChI is InChI=1S/C7H8N2O2/c1-10-7-4-2-3-6(5-7)9-8-11-9/h2-5,8H,1H3. The zero-order valence-electron chi connectivity index (χ0n) is 6.07. The third-order valence-corrected chi connectivity index (χ3v) is 1.47. The van der Waals surface area contributed by atoms with E-state index < -0.39 is 0 Å². The van der Waals surface area contributed by atoms with Gasteiger partial charge in [0.15, 0.2) is 0 Å². The predicted molar refractivity (Wildman–Crippen MR) is 38.9 cm³/mol. The van der Waals surface area contributed by atoms with E-state index >= 15 is 0 Å². The molecular weight excluding hydrogens is 144 g/mol. The molecule has 0 radical (unpaired) electrons. The molecule has 0 atom stereocenters. The van der Waals surface area contributed by atoms with E-state index in [9.17, 15) is 0 Å². The van der Waals surface area contributed by atoms with Gasteiger partial charge in [0.05, 0.1) is 7.11 Å². The van der Waals surface area contributed by atoms with Crippen LogP contribution in [-0.4, -0.2) is 17.2 Å². The van der Waals surface area contributed by atoms with E-state index in [-0.39, 0.29) is 0 Å². The number of rotatable bonds is 2. The maximum atomic E-state index is 5.02. The van der Waals surface area contributed by atoms with Crippen LogP contribution in [0.3, 0.4) is 0 Å². The SMILES string of the molecule is COc1cccc(-n2[nH]o2)c1. The number of aromatic amines is 1. The van der Waals surface area contributed by atoms with E-state index in [1.165, 1.54) is 0 Å². The van der Waals surface area contributed by atoms with Gasteiger partial charge in [0.25, 0.3) is 0 Å². The number of methoxy groups -OCH3 is 1. The van der Waals surface area contributed by atoms with Gasteiger partial charge in [-0.2, -0.15) is 0 Å². The molecular formula is C7H8N2O2. The number of hydrogen-bond donors (Lipinski definition) is 1. The Morgan fingerprint density at radius 3 is 3.00 bits per heavy atom. The molecule has 0 aliphatic heterocycles. The van der Waals surface area contributed by atoms with E-state index in [1.807, 2.05) is 24.3 Å². The van der Waals surface area contributed by atoms with Crippen molar-refractivity contribution < 1.29 is 9.37 Å². The Kier molecular flexibility index (Phi) is 1.25. The van der Waals surface area contributed by atoms with Gasteiger partial charge in [0.2, 0.25) is 0 Å². The number of nitrogens with one attached hydrogen (secondary N) is 1. The Balaban J connectivity index is 2.36. The van der Waals surface area contributed by atoms with Gasteiger partial charge in [0, 0.05) is 6.07 Å². The first-order chi connectivity index (χ1) is 5.40. The van der Waals surface area contributed by atoms with Crippen molar-refractivity contribution in [1.82, 2.24) is 10.1 Å². The van der Waals surface area contributed by atoms with Crippen LogP contribution in [0.25, 0.3) is 5.69 Å². The minimum absolute atomic E-state index is 0.819. The fraction of sp³-hybridized carbons (Fsp3) is 0.143. The van der Waals surface area contributed by atoms with E-state index in [0.717, 1.165) is 11.4 Å². The molecule has 0 aliphatic rings. The van der Waals surface area contributed by atoms with Crippen LogP contribution in [0, 0.1) is 0 Å². The third kappa shape index (κ3) is 1.14. The van der Waals surface area contributed by atoms with E-state index in [0.29, 0.717) is 0 Å². The predicted octanol–water partition coefficient (Wildman–Crippen LogP) is 1.41. The van der Waals surface area contributed by atoms with Gasteiger partial charge in [-0.3, -0.25) is 4.63 Å². The van der Waals surface area contributed by atoms with Crippen molar-refractivity contribution in [3.63, 3.8) is 0 Å². The van der Waals surface area contributed by atoms with Gasteiger partial charge in [-0.25, -0.2) is 0 Å². The van der Waals surface area contributed by atoms with Crippen LogP contribution in [0.5, 0.6) is 5.75 Å². The Labute approximate surface area is 63.3 Å². The quantitative estimate of drug-likeness (QED) is 0.706. The van der Waals surface area contributed by atoms with Crippen LogP contribution in [-0.2, 0) is 0 Å². The average molecular weight is 152 g/mol. The first-order valence-corrected chi connectivity index (χ1v) is 3.27. The van der Waals surface area contributed by atoms with Crippen molar-refractivity contribution in [2.75, 3.05) is 7.11 Å². The van der Waals surface area contributed by atoms with Gasteiger partial charge in [-0.05, 0) is 12.1 Å². The summed E-state index contributed by atoms with van der Waals surface area (Å²) >= 11 is 0. The molecule has 0 aliphatic carbocycles. The van der Waals surface area contributed by atoms with Crippen LogP contribution >= 0.6 is 0 Å². The van der Waals surface area contributed by atoms with Gasteiger partial charge >= 0.3 is 0 Å². The molecule has 1 N–H and O–H groups in total. The molecule has 58 valence electrons. The highest BCUT2D eigenvalue weighted by atomic mass is 16.7. The fourth-order valence-electron chi connectivity index (χ4n) is 0.863. The van der Waals surface area contributed by atoms with Gasteiger partial charge < -0.3 is 4.74 Å². The first kappa shape index (κ1) is 6.15. The zero-order chi connectivity index (χ0) is 7.68. The van der Waals surface area contributed by atoms with Crippen molar-refractivity contribution in [2.45, 2.75) is 0 Å². The molecule has 1 heterocycles. The van der Waals surface area contributed by atoms with Crippen LogP contribution in [0.15, 0.2) is 28.9 Å². The number of aromatic nitrogens is 2. The lowest BCUT2D eigenvalue weighted by Crippen LogP contribution is -1.85. The first-order valence-electron chi connectivity index (χ1n) is 3.27. The summed E-state index contributed by atoms with van der Waals surface area (Å²) in [4.78, 5) is 1.54. The summed E-state index contributed by atoms with van der Waals surface area (Å²) in [6.07, 6.45) is 0. The third-order valence-electron chi connectivity index (χ3n) is 1.47. The molecule has 11 heavy (non-hydrogen) atoms. The molecule has 0 spiro atoms. The second kappa shape index (κ2) is 2.23. The summed E-state index contributed by atoms with van der Waals surface area (Å²) in [6, 6.07) is 7.58. The topological polar surface area (TPSA) is 43.1 Å². The highest BCUT2D eigenvalue weighted by Gasteiger charge is 2.02. The monoisotopic (exact) mass is 152 g/mol. The molecule has 0 saturated heterocycles. The lowest BCUT2D eigenvalue weighted by Gasteiger charge is -1.97. The summed E-state index contributed by atoms with van der Waals surface area (Å²) in [6.45, 7) is 0.